The molecule has 0 atom stereocenters. The maximum atomic E-state index is 12.9. The molecule has 0 aliphatic heterocycles. The Labute approximate surface area is 97.5 Å². The molecule has 17 heavy (non-hydrogen) atoms. The predicted molar refractivity (Wildman–Crippen MR) is 63.0 cm³/mol. The number of hydrogen-bond acceptors (Lipinski definition) is 4. The molecule has 0 radical (unpaired) electrons. The lowest BCUT2D eigenvalue weighted by molar-refractivity contribution is 0.627. The number of benzene rings is 1. The Bertz CT molecular complexity index is 589. The van der Waals surface area contributed by atoms with E-state index in [0.717, 1.165) is 6.07 Å². The number of hydrogen-bond donors (Lipinski definition) is 2. The van der Waals surface area contributed by atoms with Gasteiger partial charge in [0.05, 0.1) is 11.3 Å². The average molecular weight is 228 g/mol. The molecule has 0 amide bonds. The van der Waals surface area contributed by atoms with Crippen molar-refractivity contribution in [2.24, 2.45) is 0 Å². The average Bonchev–Trinajstić information content (AvgIpc) is 2.31. The van der Waals surface area contributed by atoms with Gasteiger partial charge in [-0.25, -0.2) is 9.37 Å². The van der Waals surface area contributed by atoms with Crippen molar-refractivity contribution in [2.45, 2.75) is 0 Å². The van der Waals surface area contributed by atoms with Gasteiger partial charge in [-0.15, -0.1) is 0 Å². The van der Waals surface area contributed by atoms with Crippen LogP contribution in [0, 0.1) is 17.1 Å². The van der Waals surface area contributed by atoms with Crippen molar-refractivity contribution in [1.29, 1.82) is 5.26 Å². The monoisotopic (exact) mass is 228 g/mol. The molecule has 0 aliphatic rings. The van der Waals surface area contributed by atoms with Crippen molar-refractivity contribution in [3.8, 4) is 6.07 Å². The molecule has 4 nitrogen and oxygen atoms in total. The number of rotatable bonds is 2. The van der Waals surface area contributed by atoms with E-state index in [9.17, 15) is 4.39 Å². The maximum absolute atomic E-state index is 12.9. The molecule has 0 bridgehead atoms. The zero-order valence-electron chi connectivity index (χ0n) is 8.81. The lowest BCUT2D eigenvalue weighted by atomic mass is 10.2. The summed E-state index contributed by atoms with van der Waals surface area (Å²) < 4.78 is 12.9. The summed E-state index contributed by atoms with van der Waals surface area (Å²) in [7, 11) is 0. The van der Waals surface area contributed by atoms with Crippen LogP contribution in [0.4, 0.5) is 21.6 Å². The van der Waals surface area contributed by atoms with Crippen LogP contribution in [0.2, 0.25) is 0 Å². The fraction of sp³-hybridized carbons (Fsp3) is 0. The summed E-state index contributed by atoms with van der Waals surface area (Å²) in [4.78, 5) is 4.04. The number of pyridine rings is 1. The molecule has 0 unspecified atom stereocenters. The summed E-state index contributed by atoms with van der Waals surface area (Å²) in [5.41, 5.74) is 6.87. The van der Waals surface area contributed by atoms with Gasteiger partial charge in [-0.3, -0.25) is 0 Å². The number of nitrogens with two attached hydrogens (primary N) is 1. The topological polar surface area (TPSA) is 74.7 Å². The Morgan fingerprint density at radius 2 is 2.12 bits per heavy atom. The molecule has 0 aliphatic carbocycles. The Morgan fingerprint density at radius 1 is 1.29 bits per heavy atom. The zero-order valence-corrected chi connectivity index (χ0v) is 8.81. The van der Waals surface area contributed by atoms with Crippen LogP contribution in [0.5, 0.6) is 0 Å². The summed E-state index contributed by atoms with van der Waals surface area (Å²) >= 11 is 0. The molecule has 3 N–H and O–H groups in total. The van der Waals surface area contributed by atoms with Crippen molar-refractivity contribution < 1.29 is 4.39 Å². The van der Waals surface area contributed by atoms with E-state index in [0.29, 0.717) is 17.2 Å². The van der Waals surface area contributed by atoms with E-state index in [1.165, 1.54) is 12.1 Å². The molecule has 1 aromatic carbocycles. The SMILES string of the molecule is N#Cc1cc(F)ccc1Nc1cc(N)ccn1. The van der Waals surface area contributed by atoms with Crippen molar-refractivity contribution >= 4 is 17.2 Å². The summed E-state index contributed by atoms with van der Waals surface area (Å²) in [6.45, 7) is 0. The Hall–Kier alpha value is -2.61. The smallest absolute Gasteiger partial charge is 0.132 e. The van der Waals surface area contributed by atoms with Gasteiger partial charge in [0.25, 0.3) is 0 Å². The minimum Gasteiger partial charge on any atom is -0.399 e. The van der Waals surface area contributed by atoms with Crippen LogP contribution in [0.25, 0.3) is 0 Å². The van der Waals surface area contributed by atoms with Crippen LogP contribution in [0.3, 0.4) is 0 Å². The minimum absolute atomic E-state index is 0.217. The Morgan fingerprint density at radius 3 is 2.82 bits per heavy atom. The van der Waals surface area contributed by atoms with E-state index in [2.05, 4.69) is 10.3 Å². The second-order valence-corrected chi connectivity index (χ2v) is 3.40. The highest BCUT2D eigenvalue weighted by atomic mass is 19.1. The van der Waals surface area contributed by atoms with Crippen LogP contribution in [0.15, 0.2) is 36.5 Å². The molecule has 2 aromatic rings. The van der Waals surface area contributed by atoms with Gasteiger partial charge in [-0.2, -0.15) is 5.26 Å². The van der Waals surface area contributed by atoms with Gasteiger partial charge in [0.1, 0.15) is 17.7 Å². The Balaban J connectivity index is 2.34. The second-order valence-electron chi connectivity index (χ2n) is 3.40. The second kappa shape index (κ2) is 4.49. The molecule has 5 heteroatoms. The van der Waals surface area contributed by atoms with Crippen LogP contribution in [-0.2, 0) is 0 Å². The first-order valence-corrected chi connectivity index (χ1v) is 4.87. The fourth-order valence-electron chi connectivity index (χ4n) is 1.37. The number of aromatic nitrogens is 1. The van der Waals surface area contributed by atoms with Gasteiger partial charge < -0.3 is 11.1 Å². The Kier molecular flexibility index (Phi) is 2.88. The number of anilines is 3. The summed E-state index contributed by atoms with van der Waals surface area (Å²) in [5.74, 6) is 0.0562. The van der Waals surface area contributed by atoms with Crippen LogP contribution >= 0.6 is 0 Å². The number of nitrogen functional groups attached to an aromatic ring is 1. The van der Waals surface area contributed by atoms with Crippen molar-refractivity contribution in [2.75, 3.05) is 11.1 Å². The highest BCUT2D eigenvalue weighted by Gasteiger charge is 2.04. The van der Waals surface area contributed by atoms with E-state index in [1.807, 2.05) is 6.07 Å². The van der Waals surface area contributed by atoms with Gasteiger partial charge in [0.15, 0.2) is 0 Å². The van der Waals surface area contributed by atoms with E-state index < -0.39 is 5.82 Å². The van der Waals surface area contributed by atoms with Gasteiger partial charge in [-0.05, 0) is 24.3 Å². The lowest BCUT2D eigenvalue weighted by Gasteiger charge is -2.07. The van der Waals surface area contributed by atoms with E-state index in [-0.39, 0.29) is 5.56 Å². The van der Waals surface area contributed by atoms with Crippen LogP contribution in [-0.4, -0.2) is 4.98 Å². The summed E-state index contributed by atoms with van der Waals surface area (Å²) in [6, 6.07) is 9.11. The summed E-state index contributed by atoms with van der Waals surface area (Å²) in [5, 5.41) is 11.8. The van der Waals surface area contributed by atoms with Crippen LogP contribution in [0.1, 0.15) is 5.56 Å². The van der Waals surface area contributed by atoms with E-state index >= 15 is 0 Å². The number of nitrogens with zero attached hydrogens (tertiary/aromatic N) is 2. The van der Waals surface area contributed by atoms with Crippen molar-refractivity contribution in [3.63, 3.8) is 0 Å². The third-order valence-corrected chi connectivity index (χ3v) is 2.15. The summed E-state index contributed by atoms with van der Waals surface area (Å²) in [6.07, 6.45) is 1.55. The highest BCUT2D eigenvalue weighted by Crippen LogP contribution is 2.20. The zero-order chi connectivity index (χ0) is 12.3. The molecule has 1 heterocycles. The number of nitrogens with one attached hydrogen (secondary N) is 1. The predicted octanol–water partition coefficient (Wildman–Crippen LogP) is 2.42. The molecule has 0 saturated heterocycles. The normalized spacial score (nSPS) is 9.65. The first-order valence-electron chi connectivity index (χ1n) is 4.87. The molecular weight excluding hydrogens is 219 g/mol. The van der Waals surface area contributed by atoms with Gasteiger partial charge >= 0.3 is 0 Å². The van der Waals surface area contributed by atoms with Gasteiger partial charge in [0.2, 0.25) is 0 Å². The van der Waals surface area contributed by atoms with Gasteiger partial charge in [0, 0.05) is 18.0 Å². The number of nitriles is 1. The third-order valence-electron chi connectivity index (χ3n) is 2.15. The molecule has 84 valence electrons. The number of halogens is 1. The first-order chi connectivity index (χ1) is 8.19. The highest BCUT2D eigenvalue weighted by molar-refractivity contribution is 5.65. The van der Waals surface area contributed by atoms with E-state index in [4.69, 9.17) is 11.0 Å². The molecule has 2 rings (SSSR count). The van der Waals surface area contributed by atoms with Crippen molar-refractivity contribution in [1.82, 2.24) is 4.98 Å². The quantitative estimate of drug-likeness (QED) is 0.827. The molecule has 0 fully saturated rings. The minimum atomic E-state index is -0.451. The molecule has 0 saturated carbocycles. The first kappa shape index (κ1) is 10.9. The third kappa shape index (κ3) is 2.49. The molecule has 0 spiro atoms. The molecular formula is C12H9FN4. The molecule has 1 aromatic heterocycles. The largest absolute Gasteiger partial charge is 0.399 e. The lowest BCUT2D eigenvalue weighted by Crippen LogP contribution is -1.97. The standard InChI is InChI=1S/C12H9FN4/c13-9-1-2-11(8(5-9)7-14)17-12-6-10(15)3-4-16-12/h1-6H,(H3,15,16,17). The fourth-order valence-corrected chi connectivity index (χ4v) is 1.37. The van der Waals surface area contributed by atoms with Crippen LogP contribution < -0.4 is 11.1 Å². The van der Waals surface area contributed by atoms with Crippen molar-refractivity contribution in [3.05, 3.63) is 47.9 Å². The maximum Gasteiger partial charge on any atom is 0.132 e. The van der Waals surface area contributed by atoms with Gasteiger partial charge in [-0.1, -0.05) is 0 Å². The van der Waals surface area contributed by atoms with E-state index in [1.54, 1.807) is 18.3 Å².